The van der Waals surface area contributed by atoms with Gasteiger partial charge in [0.25, 0.3) is 5.91 Å². The molecule has 0 atom stereocenters. The van der Waals surface area contributed by atoms with Crippen LogP contribution in [0.25, 0.3) is 6.08 Å². The fourth-order valence-electron chi connectivity index (χ4n) is 3.00. The number of rotatable bonds is 8. The monoisotopic (exact) mass is 506 g/mol. The number of likely N-dealkylation sites (N-methyl/N-ethyl adjacent to an activating group) is 1. The molecule has 0 bridgehead atoms. The lowest BCUT2D eigenvalue weighted by molar-refractivity contribution is -0.122. The van der Waals surface area contributed by atoms with Crippen LogP contribution in [-0.2, 0) is 11.4 Å². The molecule has 2 aromatic rings. The molecule has 1 fully saturated rings. The highest BCUT2D eigenvalue weighted by Gasteiger charge is 2.31. The SMILES string of the molecule is CCN=C1S/C(=C\c2cc(Br)c(OCc3ccc(F)cc3)c(OCC)c2)C(=O)N1CC. The summed E-state index contributed by atoms with van der Waals surface area (Å²) in [4.78, 5) is 19.4. The van der Waals surface area contributed by atoms with E-state index >= 15 is 0 Å². The number of thioether (sulfide) groups is 1. The third kappa shape index (κ3) is 5.68. The molecule has 1 aliphatic heterocycles. The highest BCUT2D eigenvalue weighted by atomic mass is 79.9. The molecule has 1 aliphatic rings. The highest BCUT2D eigenvalue weighted by molar-refractivity contribution is 9.10. The lowest BCUT2D eigenvalue weighted by Gasteiger charge is -2.15. The van der Waals surface area contributed by atoms with Crippen molar-refractivity contribution in [1.82, 2.24) is 4.90 Å². The van der Waals surface area contributed by atoms with Gasteiger partial charge in [0, 0.05) is 13.1 Å². The summed E-state index contributed by atoms with van der Waals surface area (Å²) in [5.74, 6) is 0.786. The summed E-state index contributed by atoms with van der Waals surface area (Å²) >= 11 is 4.94. The van der Waals surface area contributed by atoms with Gasteiger partial charge in [-0.25, -0.2) is 4.39 Å². The first-order chi connectivity index (χ1) is 15.0. The standard InChI is InChI=1S/C23H24BrFN2O3S/c1-4-26-23-27(5-2)22(28)20(31-23)13-16-11-18(24)21(19(12-16)29-6-3)30-14-15-7-9-17(25)10-8-15/h7-13H,4-6,14H2,1-3H3/b20-13-,26-23?. The van der Waals surface area contributed by atoms with Crippen LogP contribution in [-0.4, -0.2) is 35.7 Å². The van der Waals surface area contributed by atoms with E-state index in [4.69, 9.17) is 9.47 Å². The summed E-state index contributed by atoms with van der Waals surface area (Å²) in [7, 11) is 0. The number of amides is 1. The molecule has 0 N–H and O–H groups in total. The molecule has 2 aromatic carbocycles. The Bertz CT molecular complexity index is 1010. The Morgan fingerprint density at radius 3 is 2.55 bits per heavy atom. The Balaban J connectivity index is 1.87. The van der Waals surface area contributed by atoms with Crippen LogP contribution in [0.5, 0.6) is 11.5 Å². The fraction of sp³-hybridized carbons (Fsp3) is 0.304. The molecule has 0 aromatic heterocycles. The van der Waals surface area contributed by atoms with Crippen molar-refractivity contribution in [3.8, 4) is 11.5 Å². The second-order valence-corrected chi connectivity index (χ2v) is 8.46. The molecule has 1 saturated heterocycles. The Morgan fingerprint density at radius 1 is 1.16 bits per heavy atom. The predicted octanol–water partition coefficient (Wildman–Crippen LogP) is 5.88. The molecule has 164 valence electrons. The number of hydrogen-bond acceptors (Lipinski definition) is 5. The smallest absolute Gasteiger partial charge is 0.266 e. The van der Waals surface area contributed by atoms with Gasteiger partial charge in [0.2, 0.25) is 0 Å². The number of carbonyl (C=O) groups is 1. The van der Waals surface area contributed by atoms with Gasteiger partial charge in [-0.2, -0.15) is 0 Å². The lowest BCUT2D eigenvalue weighted by atomic mass is 10.1. The van der Waals surface area contributed by atoms with Gasteiger partial charge in [0.1, 0.15) is 12.4 Å². The fourth-order valence-corrected chi connectivity index (χ4v) is 4.68. The van der Waals surface area contributed by atoms with Crippen molar-refractivity contribution in [3.63, 3.8) is 0 Å². The zero-order valence-electron chi connectivity index (χ0n) is 17.7. The van der Waals surface area contributed by atoms with E-state index in [-0.39, 0.29) is 18.3 Å². The molecule has 1 heterocycles. The van der Waals surface area contributed by atoms with Crippen molar-refractivity contribution in [2.24, 2.45) is 4.99 Å². The number of hydrogen-bond donors (Lipinski definition) is 0. The second kappa shape index (κ2) is 10.8. The summed E-state index contributed by atoms with van der Waals surface area (Å²) in [6, 6.07) is 9.90. The van der Waals surface area contributed by atoms with Crippen LogP contribution < -0.4 is 9.47 Å². The first kappa shape index (κ1) is 23.3. The summed E-state index contributed by atoms with van der Waals surface area (Å²) in [5.41, 5.74) is 1.66. The van der Waals surface area contributed by atoms with Crippen molar-refractivity contribution >= 4 is 44.8 Å². The number of aliphatic imine (C=N–C) groups is 1. The van der Waals surface area contributed by atoms with Crippen LogP contribution in [0.15, 0.2) is 50.8 Å². The van der Waals surface area contributed by atoms with Crippen LogP contribution in [0.4, 0.5) is 4.39 Å². The van der Waals surface area contributed by atoms with E-state index in [0.29, 0.717) is 40.6 Å². The third-order valence-corrected chi connectivity index (χ3v) is 6.06. The van der Waals surface area contributed by atoms with Gasteiger partial charge in [0.15, 0.2) is 16.7 Å². The Hall–Kier alpha value is -2.32. The lowest BCUT2D eigenvalue weighted by Crippen LogP contribution is -2.28. The largest absolute Gasteiger partial charge is 0.490 e. The van der Waals surface area contributed by atoms with Gasteiger partial charge in [-0.05, 0) is 89.9 Å². The van der Waals surface area contributed by atoms with Crippen molar-refractivity contribution in [2.45, 2.75) is 27.4 Å². The molecule has 0 unspecified atom stereocenters. The summed E-state index contributed by atoms with van der Waals surface area (Å²) in [6.07, 6.45) is 1.84. The maximum atomic E-state index is 13.1. The molecule has 31 heavy (non-hydrogen) atoms. The van der Waals surface area contributed by atoms with E-state index in [1.54, 1.807) is 17.0 Å². The predicted molar refractivity (Wildman–Crippen MR) is 127 cm³/mol. The van der Waals surface area contributed by atoms with Crippen molar-refractivity contribution in [1.29, 1.82) is 0 Å². The molecule has 5 nitrogen and oxygen atoms in total. The molecule has 0 radical (unpaired) electrons. The summed E-state index contributed by atoms with van der Waals surface area (Å²) < 4.78 is 25.6. The van der Waals surface area contributed by atoms with Gasteiger partial charge in [-0.1, -0.05) is 12.1 Å². The number of ether oxygens (including phenoxy) is 2. The molecule has 0 saturated carbocycles. The molecule has 0 aliphatic carbocycles. The topological polar surface area (TPSA) is 51.1 Å². The Kier molecular flexibility index (Phi) is 8.15. The van der Waals surface area contributed by atoms with Gasteiger partial charge in [-0.15, -0.1) is 0 Å². The number of halogens is 2. The average Bonchev–Trinajstić information content (AvgIpc) is 3.03. The molecule has 0 spiro atoms. The first-order valence-electron chi connectivity index (χ1n) is 10.1. The van der Waals surface area contributed by atoms with Crippen molar-refractivity contribution in [3.05, 3.63) is 62.7 Å². The Morgan fingerprint density at radius 2 is 1.90 bits per heavy atom. The van der Waals surface area contributed by atoms with Crippen molar-refractivity contribution < 1.29 is 18.7 Å². The number of benzene rings is 2. The maximum absolute atomic E-state index is 13.1. The number of carbonyl (C=O) groups excluding carboxylic acids is 1. The van der Waals surface area contributed by atoms with Crippen LogP contribution in [0, 0.1) is 5.82 Å². The van der Waals surface area contributed by atoms with E-state index < -0.39 is 0 Å². The van der Waals surface area contributed by atoms with Gasteiger partial charge < -0.3 is 9.47 Å². The van der Waals surface area contributed by atoms with E-state index in [2.05, 4.69) is 20.9 Å². The van der Waals surface area contributed by atoms with E-state index in [1.165, 1.54) is 23.9 Å². The minimum absolute atomic E-state index is 0.0505. The van der Waals surface area contributed by atoms with Crippen LogP contribution in [0.1, 0.15) is 31.9 Å². The number of nitrogens with zero attached hydrogens (tertiary/aromatic N) is 2. The van der Waals surface area contributed by atoms with E-state index in [0.717, 1.165) is 16.3 Å². The minimum atomic E-state index is -0.287. The van der Waals surface area contributed by atoms with E-state index in [9.17, 15) is 9.18 Å². The zero-order valence-corrected chi connectivity index (χ0v) is 20.1. The molecule has 1 amide bonds. The van der Waals surface area contributed by atoms with Crippen LogP contribution >= 0.6 is 27.7 Å². The summed E-state index contributed by atoms with van der Waals surface area (Å²) in [6.45, 7) is 7.71. The average molecular weight is 507 g/mol. The number of amidine groups is 1. The van der Waals surface area contributed by atoms with Crippen LogP contribution in [0.2, 0.25) is 0 Å². The van der Waals surface area contributed by atoms with Gasteiger partial charge in [-0.3, -0.25) is 14.7 Å². The quantitative estimate of drug-likeness (QED) is 0.419. The second-order valence-electron chi connectivity index (χ2n) is 6.60. The molecule has 3 rings (SSSR count). The molecule has 8 heteroatoms. The van der Waals surface area contributed by atoms with Crippen molar-refractivity contribution in [2.75, 3.05) is 19.7 Å². The third-order valence-electron chi connectivity index (χ3n) is 4.42. The highest BCUT2D eigenvalue weighted by Crippen LogP contribution is 2.39. The first-order valence-corrected chi connectivity index (χ1v) is 11.7. The van der Waals surface area contributed by atoms with Gasteiger partial charge >= 0.3 is 0 Å². The minimum Gasteiger partial charge on any atom is -0.490 e. The summed E-state index contributed by atoms with van der Waals surface area (Å²) in [5, 5.41) is 0.726. The van der Waals surface area contributed by atoms with Gasteiger partial charge in [0.05, 0.1) is 16.0 Å². The van der Waals surface area contributed by atoms with E-state index in [1.807, 2.05) is 39.0 Å². The zero-order chi connectivity index (χ0) is 22.4. The normalized spacial score (nSPS) is 16.4. The van der Waals surface area contributed by atoms with Crippen LogP contribution in [0.3, 0.4) is 0 Å². The molecular formula is C23H24BrFN2O3S. The maximum Gasteiger partial charge on any atom is 0.266 e. The Labute approximate surface area is 194 Å². The molecular weight excluding hydrogens is 483 g/mol.